The molecule has 0 aromatic heterocycles. The lowest BCUT2D eigenvalue weighted by molar-refractivity contribution is -0.113. The number of carbonyl (C=O) groups is 2. The van der Waals surface area contributed by atoms with Crippen molar-refractivity contribution in [2.75, 3.05) is 12.0 Å². The molecule has 4 aromatic rings. The van der Waals surface area contributed by atoms with E-state index in [1.165, 1.54) is 5.39 Å². The van der Waals surface area contributed by atoms with E-state index in [9.17, 15) is 9.59 Å². The largest absolute Gasteiger partial charge is 0.493 e. The van der Waals surface area contributed by atoms with Crippen molar-refractivity contribution in [3.8, 4) is 11.5 Å². The molecule has 8 heteroatoms. The predicted molar refractivity (Wildman–Crippen MR) is 149 cm³/mol. The maximum atomic E-state index is 12.9. The van der Waals surface area contributed by atoms with Gasteiger partial charge in [-0.05, 0) is 93.0 Å². The molecule has 3 amide bonds. The Bertz CT molecular complexity index is 1520. The second kappa shape index (κ2) is 10.2. The monoisotopic (exact) mass is 610 g/mol. The molecular formula is C28H20ClIN2O4. The van der Waals surface area contributed by atoms with Gasteiger partial charge in [-0.2, -0.15) is 0 Å². The first-order valence-electron chi connectivity index (χ1n) is 11.0. The van der Waals surface area contributed by atoms with Crippen LogP contribution in [0.2, 0.25) is 5.02 Å². The number of imide groups is 1. The number of nitrogens with one attached hydrogen (secondary N) is 1. The number of fused-ring (bicyclic) bond motifs is 1. The van der Waals surface area contributed by atoms with E-state index in [2.05, 4.69) is 52.2 Å². The van der Waals surface area contributed by atoms with Crippen LogP contribution in [0, 0.1) is 3.57 Å². The zero-order valence-electron chi connectivity index (χ0n) is 19.1. The lowest BCUT2D eigenvalue weighted by Gasteiger charge is -2.14. The van der Waals surface area contributed by atoms with Crippen molar-refractivity contribution < 1.29 is 19.1 Å². The van der Waals surface area contributed by atoms with E-state index >= 15 is 0 Å². The molecule has 0 radical (unpaired) electrons. The Morgan fingerprint density at radius 2 is 1.72 bits per heavy atom. The Labute approximate surface area is 226 Å². The summed E-state index contributed by atoms with van der Waals surface area (Å²) in [4.78, 5) is 26.5. The third-order valence-corrected chi connectivity index (χ3v) is 6.78. The second-order valence-electron chi connectivity index (χ2n) is 8.11. The van der Waals surface area contributed by atoms with Crippen LogP contribution in [0.3, 0.4) is 0 Å². The Balaban J connectivity index is 1.37. The van der Waals surface area contributed by atoms with E-state index in [4.69, 9.17) is 21.1 Å². The van der Waals surface area contributed by atoms with Gasteiger partial charge in [0.15, 0.2) is 11.5 Å². The number of benzene rings is 4. The minimum Gasteiger partial charge on any atom is -0.493 e. The number of urea groups is 1. The standard InChI is InChI=1S/C28H20ClIN2O4/c1-35-25-15-18(14-24-27(33)32(28(34)31-24)22-10-8-21(29)9-11-22)13-23(30)26(25)36-16-17-6-7-19-4-2-3-5-20(19)12-17/h2-15H,16H2,1H3,(H,31,34)/b24-14+. The lowest BCUT2D eigenvalue weighted by Crippen LogP contribution is -2.30. The Morgan fingerprint density at radius 3 is 2.47 bits per heavy atom. The normalized spacial score (nSPS) is 14.4. The highest BCUT2D eigenvalue weighted by Gasteiger charge is 2.34. The highest BCUT2D eigenvalue weighted by molar-refractivity contribution is 14.1. The van der Waals surface area contributed by atoms with Gasteiger partial charge < -0.3 is 14.8 Å². The molecule has 36 heavy (non-hydrogen) atoms. The number of nitrogens with zero attached hydrogens (tertiary/aromatic N) is 1. The fourth-order valence-electron chi connectivity index (χ4n) is 3.97. The molecule has 1 saturated heterocycles. The van der Waals surface area contributed by atoms with Crippen LogP contribution in [0.4, 0.5) is 10.5 Å². The van der Waals surface area contributed by atoms with Crippen LogP contribution in [0.25, 0.3) is 16.8 Å². The van der Waals surface area contributed by atoms with Crippen LogP contribution in [-0.2, 0) is 11.4 Å². The molecular weight excluding hydrogens is 591 g/mol. The maximum absolute atomic E-state index is 12.9. The molecule has 1 heterocycles. The van der Waals surface area contributed by atoms with Gasteiger partial charge >= 0.3 is 6.03 Å². The highest BCUT2D eigenvalue weighted by Crippen LogP contribution is 2.36. The van der Waals surface area contributed by atoms with Crippen LogP contribution in [0.15, 0.2) is 84.6 Å². The molecule has 180 valence electrons. The Hall–Kier alpha value is -3.56. The van der Waals surface area contributed by atoms with Crippen molar-refractivity contribution in [1.82, 2.24) is 5.32 Å². The van der Waals surface area contributed by atoms with Gasteiger partial charge in [-0.3, -0.25) is 4.79 Å². The van der Waals surface area contributed by atoms with Gasteiger partial charge in [0.2, 0.25) is 0 Å². The van der Waals surface area contributed by atoms with E-state index in [-0.39, 0.29) is 5.70 Å². The zero-order chi connectivity index (χ0) is 25.2. The van der Waals surface area contributed by atoms with Gasteiger partial charge in [0.1, 0.15) is 12.3 Å². The first kappa shape index (κ1) is 24.1. The van der Waals surface area contributed by atoms with Crippen molar-refractivity contribution in [1.29, 1.82) is 0 Å². The summed E-state index contributed by atoms with van der Waals surface area (Å²) in [6.45, 7) is 0.377. The van der Waals surface area contributed by atoms with Crippen LogP contribution in [0.1, 0.15) is 11.1 Å². The van der Waals surface area contributed by atoms with Crippen molar-refractivity contribution in [2.45, 2.75) is 6.61 Å². The van der Waals surface area contributed by atoms with Crippen LogP contribution >= 0.6 is 34.2 Å². The maximum Gasteiger partial charge on any atom is 0.333 e. The van der Waals surface area contributed by atoms with E-state index in [0.29, 0.717) is 34.4 Å². The highest BCUT2D eigenvalue weighted by atomic mass is 127. The molecule has 1 aliphatic rings. The molecule has 5 rings (SSSR count). The fourth-order valence-corrected chi connectivity index (χ4v) is 4.88. The van der Waals surface area contributed by atoms with Gasteiger partial charge in [0.05, 0.1) is 16.4 Å². The van der Waals surface area contributed by atoms with Crippen LogP contribution in [-0.4, -0.2) is 19.0 Å². The SMILES string of the molecule is COc1cc(/C=C2/NC(=O)N(c3ccc(Cl)cc3)C2=O)cc(I)c1OCc1ccc2ccccc2c1. The third-order valence-electron chi connectivity index (χ3n) is 5.72. The summed E-state index contributed by atoms with van der Waals surface area (Å²) in [7, 11) is 1.57. The van der Waals surface area contributed by atoms with Gasteiger partial charge in [-0.1, -0.05) is 48.0 Å². The topological polar surface area (TPSA) is 67.9 Å². The van der Waals surface area contributed by atoms with Gasteiger partial charge in [-0.25, -0.2) is 9.69 Å². The molecule has 1 N–H and O–H groups in total. The van der Waals surface area contributed by atoms with E-state index in [1.54, 1.807) is 43.5 Å². The average molecular weight is 611 g/mol. The fraction of sp³-hybridized carbons (Fsp3) is 0.0714. The molecule has 4 aromatic carbocycles. The summed E-state index contributed by atoms with van der Waals surface area (Å²) < 4.78 is 12.5. The quantitative estimate of drug-likeness (QED) is 0.148. The Morgan fingerprint density at radius 1 is 0.972 bits per heavy atom. The second-order valence-corrected chi connectivity index (χ2v) is 9.71. The van der Waals surface area contributed by atoms with E-state index in [0.717, 1.165) is 19.4 Å². The van der Waals surface area contributed by atoms with Crippen LogP contribution in [0.5, 0.6) is 11.5 Å². The minimum absolute atomic E-state index is 0.164. The molecule has 0 bridgehead atoms. The van der Waals surface area contributed by atoms with Crippen LogP contribution < -0.4 is 19.7 Å². The first-order chi connectivity index (χ1) is 17.4. The molecule has 6 nitrogen and oxygen atoms in total. The van der Waals surface area contributed by atoms with Crippen molar-refractivity contribution in [2.24, 2.45) is 0 Å². The van der Waals surface area contributed by atoms with Crippen molar-refractivity contribution >= 4 is 68.7 Å². The lowest BCUT2D eigenvalue weighted by atomic mass is 10.1. The molecule has 0 unspecified atom stereocenters. The number of rotatable bonds is 6. The third kappa shape index (κ3) is 4.89. The average Bonchev–Trinajstić information content (AvgIpc) is 3.15. The molecule has 0 spiro atoms. The number of halogens is 2. The predicted octanol–water partition coefficient (Wildman–Crippen LogP) is 6.78. The number of hydrogen-bond donors (Lipinski definition) is 1. The summed E-state index contributed by atoms with van der Waals surface area (Å²) in [5.74, 6) is 0.687. The first-order valence-corrected chi connectivity index (χ1v) is 12.5. The minimum atomic E-state index is -0.523. The smallest absolute Gasteiger partial charge is 0.333 e. The summed E-state index contributed by atoms with van der Waals surface area (Å²) in [6, 6.07) is 24.0. The molecule has 1 fully saturated rings. The number of ether oxygens (including phenoxy) is 2. The van der Waals surface area contributed by atoms with Gasteiger partial charge in [0, 0.05) is 5.02 Å². The number of carbonyl (C=O) groups excluding carboxylic acids is 2. The number of anilines is 1. The molecule has 1 aliphatic heterocycles. The van der Waals surface area contributed by atoms with Crippen molar-refractivity contribution in [3.63, 3.8) is 0 Å². The van der Waals surface area contributed by atoms with Gasteiger partial charge in [-0.15, -0.1) is 0 Å². The summed E-state index contributed by atoms with van der Waals surface area (Å²) >= 11 is 8.10. The molecule has 0 atom stereocenters. The molecule has 0 saturated carbocycles. The zero-order valence-corrected chi connectivity index (χ0v) is 22.0. The van der Waals surface area contributed by atoms with Crippen molar-refractivity contribution in [3.05, 3.63) is 104 Å². The number of amides is 3. The summed E-state index contributed by atoms with van der Waals surface area (Å²) in [5, 5.41) is 5.48. The summed E-state index contributed by atoms with van der Waals surface area (Å²) in [5.41, 5.74) is 2.34. The number of methoxy groups -OCH3 is 1. The summed E-state index contributed by atoms with van der Waals surface area (Å²) in [6.07, 6.45) is 1.62. The number of hydrogen-bond acceptors (Lipinski definition) is 4. The van der Waals surface area contributed by atoms with E-state index < -0.39 is 11.9 Å². The Kier molecular flexibility index (Phi) is 6.84. The van der Waals surface area contributed by atoms with E-state index in [1.807, 2.05) is 24.3 Å². The van der Waals surface area contributed by atoms with Gasteiger partial charge in [0.25, 0.3) is 5.91 Å². The molecule has 0 aliphatic carbocycles.